The SMILES string of the molecule is C.C.C[C@@H]1CN(Cc2ccccc2)C[C@H]1C(=O)N1C(=O)OC[C@H]1c1ccccc1.C[C@@H]1CN(Cc2ccccc2)C[C@H]1C(=O)O. The average Bonchev–Trinajstić information content (AvgIpc) is 3.70. The Balaban J connectivity index is 0.000000265. The van der Waals surface area contributed by atoms with Gasteiger partial charge in [0.2, 0.25) is 5.91 Å². The van der Waals surface area contributed by atoms with Gasteiger partial charge in [0.15, 0.2) is 0 Å². The van der Waals surface area contributed by atoms with Crippen molar-refractivity contribution in [3.8, 4) is 0 Å². The van der Waals surface area contributed by atoms with Crippen LogP contribution in [0.1, 0.15) is 51.4 Å². The number of ether oxygens (including phenoxy) is 1. The molecule has 2 amide bonds. The van der Waals surface area contributed by atoms with Crippen LogP contribution in [-0.4, -0.2) is 70.6 Å². The van der Waals surface area contributed by atoms with Gasteiger partial charge in [0.05, 0.1) is 11.8 Å². The van der Waals surface area contributed by atoms with Crippen LogP contribution in [0.2, 0.25) is 0 Å². The van der Waals surface area contributed by atoms with Gasteiger partial charge >= 0.3 is 12.1 Å². The molecule has 0 spiro atoms. The molecule has 8 heteroatoms. The quantitative estimate of drug-likeness (QED) is 0.321. The summed E-state index contributed by atoms with van der Waals surface area (Å²) in [5, 5.41) is 9.04. The normalized spacial score (nSPS) is 24.5. The molecule has 0 radical (unpaired) electrons. The molecule has 3 saturated heterocycles. The molecule has 0 aromatic heterocycles. The molecular weight excluding hydrogens is 566 g/mol. The molecule has 0 saturated carbocycles. The van der Waals surface area contributed by atoms with E-state index in [1.165, 1.54) is 16.0 Å². The second-order valence-electron chi connectivity index (χ2n) is 12.1. The van der Waals surface area contributed by atoms with E-state index in [0.717, 1.165) is 31.7 Å². The van der Waals surface area contributed by atoms with Crippen LogP contribution < -0.4 is 0 Å². The highest BCUT2D eigenvalue weighted by atomic mass is 16.6. The fourth-order valence-corrected chi connectivity index (χ4v) is 6.48. The van der Waals surface area contributed by atoms with Gasteiger partial charge in [-0.2, -0.15) is 0 Å². The van der Waals surface area contributed by atoms with Crippen molar-refractivity contribution in [2.75, 3.05) is 32.8 Å². The molecule has 3 aliphatic heterocycles. The largest absolute Gasteiger partial charge is 0.481 e. The van der Waals surface area contributed by atoms with Gasteiger partial charge in [0.25, 0.3) is 0 Å². The van der Waals surface area contributed by atoms with E-state index in [2.05, 4.69) is 41.0 Å². The zero-order chi connectivity index (χ0) is 30.3. The maximum Gasteiger partial charge on any atom is 0.417 e. The lowest BCUT2D eigenvalue weighted by atomic mass is 9.95. The number of nitrogens with zero attached hydrogens (tertiary/aromatic N) is 3. The number of imide groups is 1. The number of likely N-dealkylation sites (tertiary alicyclic amines) is 2. The minimum absolute atomic E-state index is 0. The summed E-state index contributed by atoms with van der Waals surface area (Å²) in [4.78, 5) is 42.4. The summed E-state index contributed by atoms with van der Waals surface area (Å²) in [6.07, 6.45) is -0.525. The third-order valence-electron chi connectivity index (χ3n) is 8.80. The smallest absolute Gasteiger partial charge is 0.417 e. The molecule has 3 aliphatic rings. The topological polar surface area (TPSA) is 90.4 Å². The van der Waals surface area contributed by atoms with Crippen LogP contribution in [0.4, 0.5) is 4.79 Å². The van der Waals surface area contributed by atoms with Crippen molar-refractivity contribution >= 4 is 18.0 Å². The summed E-state index contributed by atoms with van der Waals surface area (Å²) < 4.78 is 5.22. The number of carboxylic acid groups (broad SMARTS) is 1. The fraction of sp³-hybridized carbons (Fsp3) is 0.432. The summed E-state index contributed by atoms with van der Waals surface area (Å²) >= 11 is 0. The summed E-state index contributed by atoms with van der Waals surface area (Å²) in [7, 11) is 0. The number of aliphatic carboxylic acids is 1. The first-order chi connectivity index (χ1) is 20.8. The highest BCUT2D eigenvalue weighted by molar-refractivity contribution is 5.95. The minimum Gasteiger partial charge on any atom is -0.481 e. The zero-order valence-electron chi connectivity index (χ0n) is 24.9. The predicted molar refractivity (Wildman–Crippen MR) is 177 cm³/mol. The maximum absolute atomic E-state index is 13.2. The predicted octanol–water partition coefficient (Wildman–Crippen LogP) is 6.59. The Morgan fingerprint density at radius 1 is 0.711 bits per heavy atom. The molecule has 6 rings (SSSR count). The molecule has 45 heavy (non-hydrogen) atoms. The molecule has 3 heterocycles. The van der Waals surface area contributed by atoms with E-state index in [4.69, 9.17) is 9.84 Å². The van der Waals surface area contributed by atoms with Gasteiger partial charge in [-0.05, 0) is 28.5 Å². The van der Waals surface area contributed by atoms with Crippen LogP contribution in [0.3, 0.4) is 0 Å². The highest BCUT2D eigenvalue weighted by Crippen LogP contribution is 2.33. The van der Waals surface area contributed by atoms with E-state index in [1.54, 1.807) is 0 Å². The second kappa shape index (κ2) is 16.3. The van der Waals surface area contributed by atoms with Crippen LogP contribution in [-0.2, 0) is 27.4 Å². The lowest BCUT2D eigenvalue weighted by Crippen LogP contribution is -2.41. The Labute approximate surface area is 268 Å². The Kier molecular flexibility index (Phi) is 12.9. The number of carbonyl (C=O) groups excluding carboxylic acids is 2. The molecule has 0 aliphatic carbocycles. The van der Waals surface area contributed by atoms with Crippen molar-refractivity contribution in [2.45, 2.75) is 47.8 Å². The van der Waals surface area contributed by atoms with Crippen molar-refractivity contribution in [1.82, 2.24) is 14.7 Å². The molecule has 0 unspecified atom stereocenters. The minimum atomic E-state index is -0.664. The number of hydrogen-bond donors (Lipinski definition) is 1. The summed E-state index contributed by atoms with van der Waals surface area (Å²) in [5.41, 5.74) is 3.42. The van der Waals surface area contributed by atoms with E-state index >= 15 is 0 Å². The molecule has 8 nitrogen and oxygen atoms in total. The standard InChI is InChI=1S/C22H24N2O3.C13H17NO2.2CH4/c1-16-12-23(13-17-8-4-2-5-9-17)14-19(16)21(25)24-20(15-27-22(24)26)18-10-6-3-7-11-18;1-10-7-14(9-12(10)13(15)16)8-11-5-3-2-4-6-11;;/h2-11,16,19-20H,12-15H2,1H3;2-6,10,12H,7-9H2,1H3,(H,15,16);2*1H4/t16-,19-,20+;10-,12-;;/m11../s1. The van der Waals surface area contributed by atoms with Crippen LogP contribution in [0.5, 0.6) is 0 Å². The van der Waals surface area contributed by atoms with Gasteiger partial charge < -0.3 is 9.84 Å². The Morgan fingerprint density at radius 3 is 1.62 bits per heavy atom. The van der Waals surface area contributed by atoms with E-state index in [9.17, 15) is 14.4 Å². The molecule has 5 atom stereocenters. The van der Waals surface area contributed by atoms with Crippen molar-refractivity contribution in [3.63, 3.8) is 0 Å². The van der Waals surface area contributed by atoms with Crippen molar-refractivity contribution in [1.29, 1.82) is 0 Å². The first kappa shape index (κ1) is 35.5. The third kappa shape index (κ3) is 8.80. The Morgan fingerprint density at radius 2 is 1.16 bits per heavy atom. The molecule has 3 fully saturated rings. The molecular formula is C37H49N3O5. The molecule has 0 bridgehead atoms. The monoisotopic (exact) mass is 615 g/mol. The highest BCUT2D eigenvalue weighted by Gasteiger charge is 2.45. The number of amides is 2. The van der Waals surface area contributed by atoms with Gasteiger partial charge in [0.1, 0.15) is 12.6 Å². The second-order valence-corrected chi connectivity index (χ2v) is 12.1. The summed E-state index contributed by atoms with van der Waals surface area (Å²) in [6.45, 7) is 9.08. The van der Waals surface area contributed by atoms with E-state index < -0.39 is 12.1 Å². The van der Waals surface area contributed by atoms with E-state index in [1.807, 2.05) is 73.7 Å². The van der Waals surface area contributed by atoms with Crippen LogP contribution in [0.25, 0.3) is 0 Å². The van der Waals surface area contributed by atoms with Crippen LogP contribution in [0, 0.1) is 23.7 Å². The number of cyclic esters (lactones) is 1. The van der Waals surface area contributed by atoms with Crippen LogP contribution in [0.15, 0.2) is 91.0 Å². The number of carbonyl (C=O) groups is 3. The van der Waals surface area contributed by atoms with Crippen molar-refractivity contribution in [3.05, 3.63) is 108 Å². The van der Waals surface area contributed by atoms with Crippen molar-refractivity contribution in [2.24, 2.45) is 23.7 Å². The summed E-state index contributed by atoms with van der Waals surface area (Å²) in [5.74, 6) is -0.723. The number of benzene rings is 3. The molecule has 1 N–H and O–H groups in total. The Bertz CT molecular complexity index is 1370. The van der Waals surface area contributed by atoms with Gasteiger partial charge in [-0.3, -0.25) is 19.4 Å². The van der Waals surface area contributed by atoms with Crippen molar-refractivity contribution < 1.29 is 24.2 Å². The van der Waals surface area contributed by atoms with Gasteiger partial charge in [-0.1, -0.05) is 120 Å². The maximum atomic E-state index is 13.2. The molecule has 242 valence electrons. The Hall–Kier alpha value is -4.01. The van der Waals surface area contributed by atoms with Gasteiger partial charge in [-0.25, -0.2) is 9.69 Å². The molecule has 3 aromatic carbocycles. The summed E-state index contributed by atoms with van der Waals surface area (Å²) in [6, 6.07) is 29.8. The zero-order valence-corrected chi connectivity index (χ0v) is 24.9. The molecule has 3 aromatic rings. The number of carboxylic acids is 1. The van der Waals surface area contributed by atoms with Crippen LogP contribution >= 0.6 is 0 Å². The number of rotatable bonds is 7. The first-order valence-corrected chi connectivity index (χ1v) is 15.1. The average molecular weight is 616 g/mol. The van der Waals surface area contributed by atoms with Gasteiger partial charge in [0, 0.05) is 39.3 Å². The lowest BCUT2D eigenvalue weighted by molar-refractivity contribution is -0.142. The lowest BCUT2D eigenvalue weighted by Gasteiger charge is -2.24. The van der Waals surface area contributed by atoms with E-state index in [0.29, 0.717) is 13.1 Å². The first-order valence-electron chi connectivity index (χ1n) is 15.1. The van der Waals surface area contributed by atoms with Gasteiger partial charge in [-0.15, -0.1) is 0 Å². The fourth-order valence-electron chi connectivity index (χ4n) is 6.48. The third-order valence-corrected chi connectivity index (χ3v) is 8.80. The number of hydrogen-bond acceptors (Lipinski definition) is 6. The van der Waals surface area contributed by atoms with E-state index in [-0.39, 0.29) is 57.1 Å².